The predicted molar refractivity (Wildman–Crippen MR) is 84.2 cm³/mol. The van der Waals surface area contributed by atoms with Crippen LogP contribution in [0.4, 0.5) is 11.6 Å². The van der Waals surface area contributed by atoms with Gasteiger partial charge < -0.3 is 5.32 Å². The van der Waals surface area contributed by atoms with Crippen molar-refractivity contribution < 1.29 is 13.2 Å². The van der Waals surface area contributed by atoms with Crippen LogP contribution in [0.25, 0.3) is 0 Å². The lowest BCUT2D eigenvalue weighted by Crippen LogP contribution is -2.30. The molecule has 120 valence electrons. The molecule has 23 heavy (non-hydrogen) atoms. The molecule has 9 heteroatoms. The van der Waals surface area contributed by atoms with Crippen molar-refractivity contribution in [3.63, 3.8) is 0 Å². The molecule has 3 rings (SSSR count). The number of rotatable bonds is 4. The first-order valence-corrected chi connectivity index (χ1v) is 8.35. The van der Waals surface area contributed by atoms with E-state index in [1.54, 1.807) is 26.0 Å². The summed E-state index contributed by atoms with van der Waals surface area (Å²) in [6, 6.07) is 6.25. The normalized spacial score (nSPS) is 13.6. The van der Waals surface area contributed by atoms with Crippen molar-refractivity contribution in [3.05, 3.63) is 41.2 Å². The monoisotopic (exact) mass is 333 g/mol. The minimum absolute atomic E-state index is 0.0598. The highest BCUT2D eigenvalue weighted by atomic mass is 32.2. The zero-order valence-corrected chi connectivity index (χ0v) is 13.4. The molecule has 3 N–H and O–H groups in total. The highest BCUT2D eigenvalue weighted by molar-refractivity contribution is 7.89. The van der Waals surface area contributed by atoms with Gasteiger partial charge in [-0.3, -0.25) is 10.2 Å². The van der Waals surface area contributed by atoms with Gasteiger partial charge >= 0.3 is 0 Å². The molecule has 0 atom stereocenters. The highest BCUT2D eigenvalue weighted by Gasteiger charge is 2.21. The molecule has 0 aliphatic carbocycles. The number of aryl methyl sites for hydroxylation is 2. The molecule has 0 bridgehead atoms. The Labute approximate surface area is 133 Å². The second-order valence-corrected chi connectivity index (χ2v) is 6.93. The van der Waals surface area contributed by atoms with Crippen LogP contribution >= 0.6 is 0 Å². The summed E-state index contributed by atoms with van der Waals surface area (Å²) in [5.74, 6) is 0.0216. The number of hydrogen-bond acceptors (Lipinski definition) is 6. The predicted octanol–water partition coefficient (Wildman–Crippen LogP) is 0.893. The summed E-state index contributed by atoms with van der Waals surface area (Å²) >= 11 is 0. The molecule has 2 heterocycles. The lowest BCUT2D eigenvalue weighted by atomic mass is 10.2. The van der Waals surface area contributed by atoms with Crippen LogP contribution in [-0.2, 0) is 21.2 Å². The Hall–Kier alpha value is -2.52. The van der Waals surface area contributed by atoms with Gasteiger partial charge in [0.05, 0.1) is 11.3 Å². The molecular formula is C14H15N5O3S. The van der Waals surface area contributed by atoms with Crippen LogP contribution in [-0.4, -0.2) is 24.3 Å². The number of amides is 1. The number of carbonyl (C=O) groups excluding carboxylic acids is 1. The number of aromatic nitrogens is 2. The van der Waals surface area contributed by atoms with Crippen molar-refractivity contribution in [2.75, 3.05) is 10.7 Å². The SMILES string of the molecule is Cc1cc(C)nc(NNS(=O)(=O)c2ccc3c(c2)CC(=O)N3)n1. The molecule has 0 spiro atoms. The van der Waals surface area contributed by atoms with E-state index in [9.17, 15) is 13.2 Å². The van der Waals surface area contributed by atoms with Gasteiger partial charge in [-0.1, -0.05) is 0 Å². The third kappa shape index (κ3) is 3.30. The lowest BCUT2D eigenvalue weighted by molar-refractivity contribution is -0.115. The Morgan fingerprint density at radius 1 is 1.13 bits per heavy atom. The number of nitrogens with zero attached hydrogens (tertiary/aromatic N) is 2. The fourth-order valence-electron chi connectivity index (χ4n) is 2.33. The fraction of sp³-hybridized carbons (Fsp3) is 0.214. The zero-order valence-electron chi connectivity index (χ0n) is 12.5. The number of anilines is 2. The molecule has 2 aromatic rings. The van der Waals surface area contributed by atoms with E-state index < -0.39 is 10.0 Å². The summed E-state index contributed by atoms with van der Waals surface area (Å²) in [5, 5.41) is 2.66. The topological polar surface area (TPSA) is 113 Å². The molecule has 1 aliphatic heterocycles. The van der Waals surface area contributed by atoms with Crippen LogP contribution in [0, 0.1) is 13.8 Å². The van der Waals surface area contributed by atoms with E-state index >= 15 is 0 Å². The molecule has 1 amide bonds. The number of hydrazine groups is 1. The van der Waals surface area contributed by atoms with Crippen LogP contribution in [0.15, 0.2) is 29.2 Å². The van der Waals surface area contributed by atoms with Crippen molar-refractivity contribution in [3.8, 4) is 0 Å². The van der Waals surface area contributed by atoms with Crippen molar-refractivity contribution in [1.29, 1.82) is 0 Å². The number of fused-ring (bicyclic) bond motifs is 1. The van der Waals surface area contributed by atoms with Gasteiger partial charge in [0.1, 0.15) is 0 Å². The summed E-state index contributed by atoms with van der Waals surface area (Å²) in [6.07, 6.45) is 0.173. The smallest absolute Gasteiger partial charge is 0.257 e. The van der Waals surface area contributed by atoms with E-state index in [0.29, 0.717) is 11.3 Å². The molecule has 0 saturated carbocycles. The van der Waals surface area contributed by atoms with Crippen molar-refractivity contribution in [1.82, 2.24) is 14.8 Å². The van der Waals surface area contributed by atoms with Crippen molar-refractivity contribution in [2.45, 2.75) is 25.2 Å². The van der Waals surface area contributed by atoms with E-state index in [1.807, 2.05) is 0 Å². The van der Waals surface area contributed by atoms with Gasteiger partial charge in [-0.2, -0.15) is 0 Å². The first-order valence-electron chi connectivity index (χ1n) is 6.86. The number of carbonyl (C=O) groups is 1. The van der Waals surface area contributed by atoms with E-state index in [-0.39, 0.29) is 23.2 Å². The average molecular weight is 333 g/mol. The van der Waals surface area contributed by atoms with Gasteiger partial charge in [-0.25, -0.2) is 18.4 Å². The van der Waals surface area contributed by atoms with Crippen molar-refractivity contribution >= 4 is 27.6 Å². The van der Waals surface area contributed by atoms with Gasteiger partial charge in [0, 0.05) is 17.1 Å². The summed E-state index contributed by atoms with van der Waals surface area (Å²) in [6.45, 7) is 3.58. The van der Waals surface area contributed by atoms with Gasteiger partial charge in [0.2, 0.25) is 11.9 Å². The quantitative estimate of drug-likeness (QED) is 0.716. The number of benzene rings is 1. The van der Waals surface area contributed by atoms with Crippen LogP contribution in [0.2, 0.25) is 0 Å². The molecule has 1 aliphatic rings. The molecule has 1 aromatic heterocycles. The van der Waals surface area contributed by atoms with Crippen molar-refractivity contribution in [2.24, 2.45) is 0 Å². The largest absolute Gasteiger partial charge is 0.326 e. The maximum Gasteiger partial charge on any atom is 0.257 e. The molecule has 0 unspecified atom stereocenters. The zero-order chi connectivity index (χ0) is 16.6. The number of hydrogen-bond donors (Lipinski definition) is 3. The van der Waals surface area contributed by atoms with Crippen LogP contribution in [0.3, 0.4) is 0 Å². The van der Waals surface area contributed by atoms with E-state index in [4.69, 9.17) is 0 Å². The molecule has 0 saturated heterocycles. The Bertz CT molecular complexity index is 875. The second kappa shape index (κ2) is 5.60. The number of nitrogens with one attached hydrogen (secondary N) is 3. The molecule has 1 aromatic carbocycles. The highest BCUT2D eigenvalue weighted by Crippen LogP contribution is 2.25. The first-order chi connectivity index (χ1) is 10.8. The van der Waals surface area contributed by atoms with E-state index in [2.05, 4.69) is 25.5 Å². The Morgan fingerprint density at radius 2 is 1.83 bits per heavy atom. The standard InChI is InChI=1S/C14H15N5O3S/c1-8-5-9(2)16-14(15-8)18-19-23(21,22)11-3-4-12-10(6-11)7-13(20)17-12/h3-6,19H,7H2,1-2H3,(H,17,20)(H,15,16,18). The minimum atomic E-state index is -3.80. The Kier molecular flexibility index (Phi) is 3.74. The number of sulfonamides is 1. The first kappa shape index (κ1) is 15.4. The van der Waals surface area contributed by atoms with Gasteiger partial charge in [0.25, 0.3) is 10.0 Å². The maximum absolute atomic E-state index is 12.3. The molecule has 8 nitrogen and oxygen atoms in total. The second-order valence-electron chi connectivity index (χ2n) is 5.25. The third-order valence-electron chi connectivity index (χ3n) is 3.29. The van der Waals surface area contributed by atoms with Gasteiger partial charge in [0.15, 0.2) is 0 Å². The summed E-state index contributed by atoms with van der Waals surface area (Å²) < 4.78 is 24.6. The van der Waals surface area contributed by atoms with Crippen LogP contribution in [0.5, 0.6) is 0 Å². The molecule has 0 fully saturated rings. The molecular weight excluding hydrogens is 318 g/mol. The Morgan fingerprint density at radius 3 is 2.52 bits per heavy atom. The average Bonchev–Trinajstić information content (AvgIpc) is 2.83. The van der Waals surface area contributed by atoms with E-state index in [1.165, 1.54) is 12.1 Å². The molecule has 0 radical (unpaired) electrons. The maximum atomic E-state index is 12.3. The lowest BCUT2D eigenvalue weighted by Gasteiger charge is -2.10. The summed E-state index contributed by atoms with van der Waals surface area (Å²) in [5.41, 5.74) is 5.24. The fourth-order valence-corrected chi connectivity index (χ4v) is 3.21. The summed E-state index contributed by atoms with van der Waals surface area (Å²) in [7, 11) is -3.80. The van der Waals surface area contributed by atoms with Crippen LogP contribution < -0.4 is 15.6 Å². The van der Waals surface area contributed by atoms with E-state index in [0.717, 1.165) is 11.4 Å². The Balaban J connectivity index is 1.79. The van der Waals surface area contributed by atoms with Gasteiger partial charge in [-0.15, -0.1) is 4.83 Å². The third-order valence-corrected chi connectivity index (χ3v) is 4.54. The minimum Gasteiger partial charge on any atom is -0.326 e. The van der Waals surface area contributed by atoms with Crippen LogP contribution in [0.1, 0.15) is 17.0 Å². The summed E-state index contributed by atoms with van der Waals surface area (Å²) in [4.78, 5) is 21.8. The van der Waals surface area contributed by atoms with Gasteiger partial charge in [-0.05, 0) is 43.7 Å².